The highest BCUT2D eigenvalue weighted by atomic mass is 19.1. The fourth-order valence-electron chi connectivity index (χ4n) is 1.90. The maximum absolute atomic E-state index is 13.7. The van der Waals surface area contributed by atoms with E-state index in [0.29, 0.717) is 17.5 Å². The summed E-state index contributed by atoms with van der Waals surface area (Å²) in [5.41, 5.74) is -0.187. The third-order valence-corrected chi connectivity index (χ3v) is 2.73. The Labute approximate surface area is 112 Å². The monoisotopic (exact) mass is 279 g/mol. The van der Waals surface area contributed by atoms with Crippen molar-refractivity contribution in [2.45, 2.75) is 13.8 Å². The number of nitro groups is 1. The molecule has 1 N–H and O–H groups in total. The maximum Gasteiger partial charge on any atom is 0.338 e. The lowest BCUT2D eigenvalue weighted by Crippen LogP contribution is -2.08. The number of aromatic carboxylic acids is 1. The van der Waals surface area contributed by atoms with Gasteiger partial charge in [-0.05, 0) is 19.9 Å². The summed E-state index contributed by atoms with van der Waals surface area (Å²) in [6, 6.07) is 3.18. The van der Waals surface area contributed by atoms with E-state index in [1.54, 1.807) is 19.9 Å². The zero-order chi connectivity index (χ0) is 15.0. The molecule has 0 aliphatic heterocycles. The molecule has 0 amide bonds. The molecule has 2 aromatic rings. The van der Waals surface area contributed by atoms with Crippen LogP contribution >= 0.6 is 0 Å². The van der Waals surface area contributed by atoms with Gasteiger partial charge in [0, 0.05) is 17.8 Å². The second kappa shape index (κ2) is 4.72. The Hall–Kier alpha value is -2.77. The van der Waals surface area contributed by atoms with E-state index >= 15 is 0 Å². The van der Waals surface area contributed by atoms with Gasteiger partial charge in [-0.25, -0.2) is 13.9 Å². The molecule has 0 fully saturated rings. The van der Waals surface area contributed by atoms with Gasteiger partial charge in [-0.3, -0.25) is 10.1 Å². The minimum atomic E-state index is -1.56. The summed E-state index contributed by atoms with van der Waals surface area (Å²) in [5.74, 6) is -2.61. The standard InChI is InChI=1S/C12H10FN3O4/c1-6-3-7(2)15(14-6)10-5-9(13)8(12(17)18)4-11(10)16(19)20/h3-5H,1-2H3,(H,17,18). The second-order valence-corrected chi connectivity index (χ2v) is 4.22. The average molecular weight is 279 g/mol. The van der Waals surface area contributed by atoms with Crippen LogP contribution in [0.3, 0.4) is 0 Å². The highest BCUT2D eigenvalue weighted by molar-refractivity contribution is 5.89. The Morgan fingerprint density at radius 1 is 1.40 bits per heavy atom. The Morgan fingerprint density at radius 2 is 2.05 bits per heavy atom. The van der Waals surface area contributed by atoms with Gasteiger partial charge in [0.15, 0.2) is 0 Å². The number of nitro benzene ring substituents is 1. The summed E-state index contributed by atoms with van der Waals surface area (Å²) in [6.07, 6.45) is 0. The molecule has 0 saturated heterocycles. The molecule has 2 rings (SSSR count). The zero-order valence-electron chi connectivity index (χ0n) is 10.6. The summed E-state index contributed by atoms with van der Waals surface area (Å²) < 4.78 is 14.9. The highest BCUT2D eigenvalue weighted by Gasteiger charge is 2.24. The zero-order valence-corrected chi connectivity index (χ0v) is 10.6. The first-order valence-corrected chi connectivity index (χ1v) is 5.56. The van der Waals surface area contributed by atoms with E-state index in [2.05, 4.69) is 5.10 Å². The van der Waals surface area contributed by atoms with Crippen molar-refractivity contribution in [2.24, 2.45) is 0 Å². The average Bonchev–Trinajstić information content (AvgIpc) is 2.67. The second-order valence-electron chi connectivity index (χ2n) is 4.22. The number of rotatable bonds is 3. The quantitative estimate of drug-likeness (QED) is 0.686. The predicted octanol–water partition coefficient (Wildman–Crippen LogP) is 2.23. The fraction of sp³-hybridized carbons (Fsp3) is 0.167. The van der Waals surface area contributed by atoms with E-state index in [1.165, 1.54) is 4.68 Å². The van der Waals surface area contributed by atoms with Gasteiger partial charge >= 0.3 is 5.97 Å². The molecule has 0 aliphatic rings. The number of hydrogen-bond donors (Lipinski definition) is 1. The molecule has 104 valence electrons. The van der Waals surface area contributed by atoms with Crippen LogP contribution in [0.25, 0.3) is 5.69 Å². The van der Waals surface area contributed by atoms with E-state index in [0.717, 1.165) is 6.07 Å². The first kappa shape index (κ1) is 13.7. The smallest absolute Gasteiger partial charge is 0.338 e. The minimum absolute atomic E-state index is 0.108. The number of aryl methyl sites for hydroxylation is 2. The van der Waals surface area contributed by atoms with Crippen LogP contribution in [0.2, 0.25) is 0 Å². The van der Waals surface area contributed by atoms with Gasteiger partial charge in [0.25, 0.3) is 5.69 Å². The lowest BCUT2D eigenvalue weighted by atomic mass is 10.1. The number of benzene rings is 1. The number of carbonyl (C=O) groups is 1. The molecule has 0 aliphatic carbocycles. The van der Waals surface area contributed by atoms with Crippen LogP contribution < -0.4 is 0 Å². The van der Waals surface area contributed by atoms with E-state index in [1.807, 2.05) is 0 Å². The molecule has 1 aromatic heterocycles. The van der Waals surface area contributed by atoms with Gasteiger partial charge in [-0.15, -0.1) is 0 Å². The third kappa shape index (κ3) is 2.22. The molecule has 0 saturated carbocycles. The summed E-state index contributed by atoms with van der Waals surface area (Å²) in [7, 11) is 0. The molecule has 0 bridgehead atoms. The summed E-state index contributed by atoms with van der Waals surface area (Å²) in [5, 5.41) is 23.9. The number of carboxylic acid groups (broad SMARTS) is 1. The summed E-state index contributed by atoms with van der Waals surface area (Å²) >= 11 is 0. The molecule has 0 spiro atoms. The molecule has 20 heavy (non-hydrogen) atoms. The lowest BCUT2D eigenvalue weighted by Gasteiger charge is -2.07. The molecule has 0 atom stereocenters. The normalized spacial score (nSPS) is 10.6. The molecule has 0 radical (unpaired) electrons. The van der Waals surface area contributed by atoms with Gasteiger partial charge in [-0.2, -0.15) is 5.10 Å². The number of carboxylic acids is 1. The molecule has 8 heteroatoms. The van der Waals surface area contributed by atoms with Crippen molar-refractivity contribution in [1.29, 1.82) is 0 Å². The van der Waals surface area contributed by atoms with Crippen LogP contribution in [0.4, 0.5) is 10.1 Å². The largest absolute Gasteiger partial charge is 0.478 e. The molecular weight excluding hydrogens is 269 g/mol. The van der Waals surface area contributed by atoms with Crippen molar-refractivity contribution < 1.29 is 19.2 Å². The van der Waals surface area contributed by atoms with Crippen molar-refractivity contribution in [2.75, 3.05) is 0 Å². The van der Waals surface area contributed by atoms with Crippen molar-refractivity contribution >= 4 is 11.7 Å². The minimum Gasteiger partial charge on any atom is -0.478 e. The topological polar surface area (TPSA) is 98.3 Å². The first-order valence-electron chi connectivity index (χ1n) is 5.56. The number of hydrogen-bond acceptors (Lipinski definition) is 4. The van der Waals surface area contributed by atoms with Gasteiger partial charge in [0.1, 0.15) is 17.1 Å². The van der Waals surface area contributed by atoms with Crippen molar-refractivity contribution in [3.05, 3.63) is 51.1 Å². The van der Waals surface area contributed by atoms with E-state index in [-0.39, 0.29) is 5.69 Å². The number of halogens is 1. The Morgan fingerprint density at radius 3 is 2.50 bits per heavy atom. The highest BCUT2D eigenvalue weighted by Crippen LogP contribution is 2.27. The summed E-state index contributed by atoms with van der Waals surface area (Å²) in [6.45, 7) is 3.35. The lowest BCUT2D eigenvalue weighted by molar-refractivity contribution is -0.384. The van der Waals surface area contributed by atoms with Gasteiger partial charge in [0.2, 0.25) is 0 Å². The molecule has 1 heterocycles. The van der Waals surface area contributed by atoms with Gasteiger partial charge in [-0.1, -0.05) is 0 Å². The van der Waals surface area contributed by atoms with Crippen molar-refractivity contribution in [3.8, 4) is 5.69 Å². The maximum atomic E-state index is 13.7. The van der Waals surface area contributed by atoms with Crippen LogP contribution in [0.5, 0.6) is 0 Å². The van der Waals surface area contributed by atoms with Crippen LogP contribution in [0, 0.1) is 29.8 Å². The van der Waals surface area contributed by atoms with Gasteiger partial charge < -0.3 is 5.11 Å². The van der Waals surface area contributed by atoms with E-state index in [4.69, 9.17) is 5.11 Å². The first-order chi connectivity index (χ1) is 9.31. The summed E-state index contributed by atoms with van der Waals surface area (Å²) in [4.78, 5) is 21.1. The van der Waals surface area contributed by atoms with Gasteiger partial charge in [0.05, 0.1) is 10.6 Å². The number of nitrogens with zero attached hydrogens (tertiary/aromatic N) is 3. The molecule has 0 unspecified atom stereocenters. The van der Waals surface area contributed by atoms with Crippen molar-refractivity contribution in [1.82, 2.24) is 9.78 Å². The Balaban J connectivity index is 2.76. The Bertz CT molecular complexity index is 724. The molecule has 1 aromatic carbocycles. The van der Waals surface area contributed by atoms with Crippen molar-refractivity contribution in [3.63, 3.8) is 0 Å². The van der Waals surface area contributed by atoms with Crippen LogP contribution in [-0.4, -0.2) is 25.8 Å². The van der Waals surface area contributed by atoms with Crippen LogP contribution in [0.1, 0.15) is 21.7 Å². The predicted molar refractivity (Wildman–Crippen MR) is 66.6 cm³/mol. The Kier molecular flexibility index (Phi) is 3.23. The number of aromatic nitrogens is 2. The fourth-order valence-corrected chi connectivity index (χ4v) is 1.90. The third-order valence-electron chi connectivity index (χ3n) is 2.73. The van der Waals surface area contributed by atoms with Crippen LogP contribution in [0.15, 0.2) is 18.2 Å². The molecule has 7 nitrogen and oxygen atoms in total. The SMILES string of the molecule is Cc1cc(C)n(-c2cc(F)c(C(=O)O)cc2[N+](=O)[O-])n1. The van der Waals surface area contributed by atoms with E-state index < -0.39 is 28.0 Å². The van der Waals surface area contributed by atoms with Crippen LogP contribution in [-0.2, 0) is 0 Å². The molecular formula is C12H10FN3O4. The van der Waals surface area contributed by atoms with E-state index in [9.17, 15) is 19.3 Å².